The molecule has 6 nitrogen and oxygen atoms in total. The third-order valence-corrected chi connectivity index (χ3v) is 2.39. The van der Waals surface area contributed by atoms with Gasteiger partial charge in [0.1, 0.15) is 24.4 Å². The summed E-state index contributed by atoms with van der Waals surface area (Å²) in [7, 11) is 1.37. The van der Waals surface area contributed by atoms with Crippen LogP contribution in [0.15, 0.2) is 4.99 Å². The number of thiocarbonyl (C=S) groups is 1. The van der Waals surface area contributed by atoms with Crippen LogP contribution in [0.1, 0.15) is 0 Å². The van der Waals surface area contributed by atoms with E-state index >= 15 is 0 Å². The topological polar surface area (TPSA) is 91.5 Å². The first-order valence-electron chi connectivity index (χ1n) is 4.38. The van der Waals surface area contributed by atoms with Gasteiger partial charge >= 0.3 is 0 Å². The molecule has 0 spiro atoms. The van der Waals surface area contributed by atoms with Crippen molar-refractivity contribution in [1.29, 1.82) is 0 Å². The highest BCUT2D eigenvalue weighted by Crippen LogP contribution is 2.23. The van der Waals surface area contributed by atoms with E-state index in [1.54, 1.807) is 0 Å². The zero-order valence-electron chi connectivity index (χ0n) is 8.11. The Labute approximate surface area is 92.2 Å². The fourth-order valence-corrected chi connectivity index (χ4v) is 1.58. The van der Waals surface area contributed by atoms with E-state index in [-0.39, 0.29) is 0 Å². The molecular formula is C8H13NO5S. The van der Waals surface area contributed by atoms with Crippen molar-refractivity contribution in [2.75, 3.05) is 13.7 Å². The third-order valence-electron chi connectivity index (χ3n) is 2.28. The molecule has 1 rings (SSSR count). The molecule has 0 aromatic rings. The van der Waals surface area contributed by atoms with Gasteiger partial charge in [-0.05, 0) is 12.2 Å². The molecule has 7 heteroatoms. The molecular weight excluding hydrogens is 222 g/mol. The van der Waals surface area contributed by atoms with Gasteiger partial charge in [-0.2, -0.15) is 0 Å². The van der Waals surface area contributed by atoms with Crippen LogP contribution in [0.3, 0.4) is 0 Å². The fraction of sp³-hybridized carbons (Fsp3) is 0.875. The quantitative estimate of drug-likeness (QED) is 0.409. The number of ether oxygens (including phenoxy) is 2. The number of hydrogen-bond acceptors (Lipinski definition) is 7. The Bertz CT molecular complexity index is 255. The summed E-state index contributed by atoms with van der Waals surface area (Å²) in [5.74, 6) is 0. The molecule has 0 aromatic heterocycles. The third kappa shape index (κ3) is 2.59. The second-order valence-electron chi connectivity index (χ2n) is 3.15. The lowest BCUT2D eigenvalue weighted by Gasteiger charge is -2.39. The normalized spacial score (nSPS) is 40.9. The van der Waals surface area contributed by atoms with Crippen molar-refractivity contribution in [2.45, 2.75) is 30.6 Å². The number of aliphatic imine (C=N–C) groups is 1. The molecule has 0 aromatic carbocycles. The van der Waals surface area contributed by atoms with Crippen molar-refractivity contribution in [1.82, 2.24) is 0 Å². The lowest BCUT2D eigenvalue weighted by Crippen LogP contribution is -2.58. The molecule has 0 unspecified atom stereocenters. The van der Waals surface area contributed by atoms with Gasteiger partial charge in [-0.25, -0.2) is 4.99 Å². The Kier molecular flexibility index (Phi) is 4.75. The summed E-state index contributed by atoms with van der Waals surface area (Å²) in [6.07, 6.45) is -4.16. The van der Waals surface area contributed by atoms with Crippen LogP contribution in [0.2, 0.25) is 0 Å². The van der Waals surface area contributed by atoms with Gasteiger partial charge in [-0.1, -0.05) is 0 Å². The smallest absolute Gasteiger partial charge is 0.183 e. The molecule has 0 bridgehead atoms. The number of methoxy groups -OCH3 is 1. The van der Waals surface area contributed by atoms with Crippen LogP contribution in [0.25, 0.3) is 0 Å². The van der Waals surface area contributed by atoms with Crippen LogP contribution in [0.5, 0.6) is 0 Å². The SMILES string of the molecule is CO[C@H]1O[C@H](CO)[C@@H](O)[C@H](O)[C@H]1N=C=S. The van der Waals surface area contributed by atoms with Gasteiger partial charge in [0.15, 0.2) is 6.29 Å². The number of isothiocyanates is 1. The maximum Gasteiger partial charge on any atom is 0.183 e. The van der Waals surface area contributed by atoms with Gasteiger partial charge < -0.3 is 24.8 Å². The first-order valence-corrected chi connectivity index (χ1v) is 4.78. The van der Waals surface area contributed by atoms with Gasteiger partial charge in [0, 0.05) is 7.11 Å². The molecule has 3 N–H and O–H groups in total. The largest absolute Gasteiger partial charge is 0.394 e. The Morgan fingerprint density at radius 3 is 2.60 bits per heavy atom. The minimum Gasteiger partial charge on any atom is -0.394 e. The average molecular weight is 235 g/mol. The van der Waals surface area contributed by atoms with Gasteiger partial charge in [0.05, 0.1) is 11.8 Å². The molecule has 0 radical (unpaired) electrons. The standard InChI is InChI=1S/C8H13NO5S/c1-13-8-5(9-3-15)7(12)6(11)4(2-10)14-8/h4-8,10-12H,2H2,1H3/t4-,5-,6-,7-,8+/m1/s1. The highest BCUT2D eigenvalue weighted by atomic mass is 32.1. The summed E-state index contributed by atoms with van der Waals surface area (Å²) in [4.78, 5) is 3.66. The molecule has 1 fully saturated rings. The Morgan fingerprint density at radius 2 is 2.13 bits per heavy atom. The van der Waals surface area contributed by atoms with Gasteiger partial charge in [0.2, 0.25) is 0 Å². The monoisotopic (exact) mass is 235 g/mol. The molecule has 5 atom stereocenters. The number of rotatable bonds is 3. The molecule has 1 aliphatic heterocycles. The molecule has 86 valence electrons. The predicted molar refractivity (Wildman–Crippen MR) is 53.6 cm³/mol. The summed E-state index contributed by atoms with van der Waals surface area (Å²) in [6, 6.07) is -0.828. The van der Waals surface area contributed by atoms with Crippen LogP contribution in [0, 0.1) is 0 Å². The zero-order valence-corrected chi connectivity index (χ0v) is 8.92. The molecule has 0 saturated carbocycles. The number of aliphatic hydroxyl groups excluding tert-OH is 3. The number of hydrogen-bond donors (Lipinski definition) is 3. The summed E-state index contributed by atoms with van der Waals surface area (Å²) in [5, 5.41) is 30.2. The minimum absolute atomic E-state index is 0.411. The summed E-state index contributed by atoms with van der Waals surface area (Å²) in [6.45, 7) is -0.411. The maximum atomic E-state index is 9.67. The number of aliphatic hydroxyl groups is 3. The van der Waals surface area contributed by atoms with Crippen LogP contribution >= 0.6 is 12.2 Å². The molecule has 1 aliphatic rings. The summed E-state index contributed by atoms with van der Waals surface area (Å²) < 4.78 is 10.1. The van der Waals surface area contributed by atoms with Crippen molar-refractivity contribution >= 4 is 17.4 Å². The van der Waals surface area contributed by atoms with Crippen LogP contribution in [-0.4, -0.2) is 64.8 Å². The van der Waals surface area contributed by atoms with Gasteiger partial charge in [0.25, 0.3) is 0 Å². The van der Waals surface area contributed by atoms with Crippen molar-refractivity contribution in [3.8, 4) is 0 Å². The van der Waals surface area contributed by atoms with Crippen molar-refractivity contribution < 1.29 is 24.8 Å². The van der Waals surface area contributed by atoms with E-state index in [1.807, 2.05) is 0 Å². The fourth-order valence-electron chi connectivity index (χ4n) is 1.46. The lowest BCUT2D eigenvalue weighted by atomic mass is 9.98. The Hall–Kier alpha value is -0.400. The predicted octanol–water partition coefficient (Wildman–Crippen LogP) is -1.46. The minimum atomic E-state index is -1.22. The zero-order chi connectivity index (χ0) is 11.4. The second-order valence-corrected chi connectivity index (χ2v) is 3.34. The van der Waals surface area contributed by atoms with E-state index in [9.17, 15) is 10.2 Å². The number of nitrogens with zero attached hydrogens (tertiary/aromatic N) is 1. The lowest BCUT2D eigenvalue weighted by molar-refractivity contribution is -0.257. The van der Waals surface area contributed by atoms with Gasteiger partial charge in [-0.3, -0.25) is 0 Å². The van der Waals surface area contributed by atoms with Crippen LogP contribution < -0.4 is 0 Å². The van der Waals surface area contributed by atoms with E-state index in [1.165, 1.54) is 7.11 Å². The van der Waals surface area contributed by atoms with E-state index in [0.29, 0.717) is 0 Å². The highest BCUT2D eigenvalue weighted by Gasteiger charge is 2.44. The van der Waals surface area contributed by atoms with E-state index in [2.05, 4.69) is 22.4 Å². The van der Waals surface area contributed by atoms with E-state index < -0.39 is 37.3 Å². The average Bonchev–Trinajstić information content (AvgIpc) is 2.25. The van der Waals surface area contributed by atoms with Crippen molar-refractivity contribution in [3.63, 3.8) is 0 Å². The van der Waals surface area contributed by atoms with Crippen LogP contribution in [0.4, 0.5) is 0 Å². The van der Waals surface area contributed by atoms with E-state index in [4.69, 9.17) is 14.6 Å². The molecule has 0 amide bonds. The second kappa shape index (κ2) is 5.62. The van der Waals surface area contributed by atoms with Crippen LogP contribution in [-0.2, 0) is 9.47 Å². The Balaban J connectivity index is 2.83. The molecule has 1 saturated heterocycles. The maximum absolute atomic E-state index is 9.67. The highest BCUT2D eigenvalue weighted by molar-refractivity contribution is 7.78. The van der Waals surface area contributed by atoms with Crippen molar-refractivity contribution in [3.05, 3.63) is 0 Å². The molecule has 1 heterocycles. The van der Waals surface area contributed by atoms with E-state index in [0.717, 1.165) is 0 Å². The van der Waals surface area contributed by atoms with Crippen molar-refractivity contribution in [2.24, 2.45) is 4.99 Å². The summed E-state index contributed by atoms with van der Waals surface area (Å²) >= 11 is 4.41. The van der Waals surface area contributed by atoms with Gasteiger partial charge in [-0.15, -0.1) is 0 Å². The first kappa shape index (κ1) is 12.7. The molecule has 0 aliphatic carbocycles. The summed E-state index contributed by atoms with van der Waals surface area (Å²) in [5.41, 5.74) is 0. The first-order chi connectivity index (χ1) is 7.15. The Morgan fingerprint density at radius 1 is 1.47 bits per heavy atom. The molecule has 15 heavy (non-hydrogen) atoms.